The minimum absolute atomic E-state index is 0.0594. The van der Waals surface area contributed by atoms with Crippen LogP contribution in [0, 0.1) is 16.7 Å². The van der Waals surface area contributed by atoms with Crippen LogP contribution in [0.4, 0.5) is 5.69 Å². The first kappa shape index (κ1) is 15.0. The number of hydrogen-bond donors (Lipinski definition) is 1. The SMILES string of the molecule is CC(C)(C#N)CCS(=O)(=O)c1ccc(N)cc1Br. The summed E-state index contributed by atoms with van der Waals surface area (Å²) >= 11 is 3.20. The Labute approximate surface area is 116 Å². The molecule has 4 nitrogen and oxygen atoms in total. The zero-order chi connectivity index (χ0) is 14.0. The largest absolute Gasteiger partial charge is 0.399 e. The average Bonchev–Trinajstić information content (AvgIpc) is 2.26. The van der Waals surface area contributed by atoms with Crippen molar-refractivity contribution in [3.63, 3.8) is 0 Å². The zero-order valence-electron chi connectivity index (χ0n) is 10.3. The highest BCUT2D eigenvalue weighted by molar-refractivity contribution is 9.10. The molecule has 0 bridgehead atoms. The van der Waals surface area contributed by atoms with Gasteiger partial charge in [0.15, 0.2) is 9.84 Å². The second-order valence-electron chi connectivity index (χ2n) is 4.75. The summed E-state index contributed by atoms with van der Waals surface area (Å²) in [7, 11) is -3.40. The zero-order valence-corrected chi connectivity index (χ0v) is 12.7. The van der Waals surface area contributed by atoms with Crippen LogP contribution in [-0.2, 0) is 9.84 Å². The molecule has 1 aromatic carbocycles. The van der Waals surface area contributed by atoms with Crippen LogP contribution in [0.2, 0.25) is 0 Å². The molecule has 0 heterocycles. The average molecular weight is 331 g/mol. The van der Waals surface area contributed by atoms with E-state index in [1.54, 1.807) is 26.0 Å². The van der Waals surface area contributed by atoms with Gasteiger partial charge in [-0.15, -0.1) is 0 Å². The van der Waals surface area contributed by atoms with E-state index in [4.69, 9.17) is 11.0 Å². The van der Waals surface area contributed by atoms with Crippen molar-refractivity contribution in [3.05, 3.63) is 22.7 Å². The van der Waals surface area contributed by atoms with Gasteiger partial charge in [-0.1, -0.05) is 0 Å². The Bertz CT molecular complexity index is 589. The van der Waals surface area contributed by atoms with Crippen molar-refractivity contribution in [1.29, 1.82) is 5.26 Å². The molecule has 0 spiro atoms. The molecule has 6 heteroatoms. The van der Waals surface area contributed by atoms with Crippen LogP contribution in [0.5, 0.6) is 0 Å². The van der Waals surface area contributed by atoms with Crippen molar-refractivity contribution in [2.75, 3.05) is 11.5 Å². The molecule has 2 N–H and O–H groups in total. The molecule has 0 fully saturated rings. The summed E-state index contributed by atoms with van der Waals surface area (Å²) in [5, 5.41) is 8.88. The minimum atomic E-state index is -3.40. The summed E-state index contributed by atoms with van der Waals surface area (Å²) in [5.74, 6) is -0.0594. The van der Waals surface area contributed by atoms with Crippen molar-refractivity contribution < 1.29 is 8.42 Å². The van der Waals surface area contributed by atoms with Gasteiger partial charge in [-0.25, -0.2) is 8.42 Å². The van der Waals surface area contributed by atoms with Crippen LogP contribution < -0.4 is 5.73 Å². The number of sulfone groups is 1. The van der Waals surface area contributed by atoms with Crippen molar-refractivity contribution in [3.8, 4) is 6.07 Å². The van der Waals surface area contributed by atoms with Crippen LogP contribution >= 0.6 is 15.9 Å². The third kappa shape index (κ3) is 3.72. The summed E-state index contributed by atoms with van der Waals surface area (Å²) in [6.07, 6.45) is 0.294. The van der Waals surface area contributed by atoms with Gasteiger partial charge in [-0.3, -0.25) is 0 Å². The molecule has 1 rings (SSSR count). The maximum atomic E-state index is 12.1. The van der Waals surface area contributed by atoms with Crippen molar-refractivity contribution >= 4 is 31.5 Å². The van der Waals surface area contributed by atoms with E-state index in [-0.39, 0.29) is 10.6 Å². The maximum absolute atomic E-state index is 12.1. The van der Waals surface area contributed by atoms with E-state index in [1.807, 2.05) is 0 Å². The molecule has 0 aromatic heterocycles. The van der Waals surface area contributed by atoms with Gasteiger partial charge >= 0.3 is 0 Å². The molecule has 0 aliphatic heterocycles. The van der Waals surface area contributed by atoms with E-state index in [1.165, 1.54) is 6.07 Å². The number of rotatable bonds is 4. The maximum Gasteiger partial charge on any atom is 0.179 e. The van der Waals surface area contributed by atoms with Gasteiger partial charge in [0.25, 0.3) is 0 Å². The molecule has 0 saturated heterocycles. The number of nitriles is 1. The van der Waals surface area contributed by atoms with Crippen molar-refractivity contribution in [2.45, 2.75) is 25.2 Å². The Morgan fingerprint density at radius 2 is 2.06 bits per heavy atom. The highest BCUT2D eigenvalue weighted by Crippen LogP contribution is 2.28. The molecule has 0 atom stereocenters. The van der Waals surface area contributed by atoms with E-state index < -0.39 is 15.3 Å². The number of nitrogen functional groups attached to an aromatic ring is 1. The van der Waals surface area contributed by atoms with Gasteiger partial charge in [0, 0.05) is 10.2 Å². The molecular weight excluding hydrogens is 316 g/mol. The summed E-state index contributed by atoms with van der Waals surface area (Å²) in [4.78, 5) is 0.213. The Hall–Kier alpha value is -1.06. The Morgan fingerprint density at radius 1 is 1.44 bits per heavy atom. The van der Waals surface area contributed by atoms with E-state index >= 15 is 0 Å². The van der Waals surface area contributed by atoms with Gasteiger partial charge in [0.05, 0.1) is 22.1 Å². The van der Waals surface area contributed by atoms with Gasteiger partial charge in [0.1, 0.15) is 0 Å². The number of nitrogens with two attached hydrogens (primary N) is 1. The standard InChI is InChI=1S/C12H15BrN2O2S/c1-12(2,8-14)5-6-18(16,17)11-4-3-9(15)7-10(11)13/h3-4,7H,5-6,15H2,1-2H3. The third-order valence-electron chi connectivity index (χ3n) is 2.59. The lowest BCUT2D eigenvalue weighted by molar-refractivity contribution is 0.473. The highest BCUT2D eigenvalue weighted by Gasteiger charge is 2.24. The first-order chi connectivity index (χ1) is 8.18. The number of anilines is 1. The smallest absolute Gasteiger partial charge is 0.179 e. The third-order valence-corrected chi connectivity index (χ3v) is 5.28. The Kier molecular flexibility index (Phi) is 4.41. The molecule has 0 saturated carbocycles. The fraction of sp³-hybridized carbons (Fsp3) is 0.417. The van der Waals surface area contributed by atoms with Crippen LogP contribution in [0.15, 0.2) is 27.6 Å². The Morgan fingerprint density at radius 3 is 2.56 bits per heavy atom. The fourth-order valence-corrected chi connectivity index (χ4v) is 4.09. The van der Waals surface area contributed by atoms with E-state index in [2.05, 4.69) is 22.0 Å². The fourth-order valence-electron chi connectivity index (χ4n) is 1.32. The summed E-state index contributed by atoms with van der Waals surface area (Å²) < 4.78 is 24.7. The highest BCUT2D eigenvalue weighted by atomic mass is 79.9. The molecule has 0 unspecified atom stereocenters. The lowest BCUT2D eigenvalue weighted by Crippen LogP contribution is -2.16. The summed E-state index contributed by atoms with van der Waals surface area (Å²) in [6.45, 7) is 3.45. The second-order valence-corrected chi connectivity index (χ2v) is 7.69. The summed E-state index contributed by atoms with van der Waals surface area (Å²) in [5.41, 5.74) is 5.42. The molecule has 0 aliphatic carbocycles. The monoisotopic (exact) mass is 330 g/mol. The van der Waals surface area contributed by atoms with Crippen LogP contribution in [0.3, 0.4) is 0 Å². The lowest BCUT2D eigenvalue weighted by Gasteiger charge is -2.15. The number of benzene rings is 1. The molecule has 1 aromatic rings. The van der Waals surface area contributed by atoms with E-state index in [9.17, 15) is 8.42 Å². The molecule has 18 heavy (non-hydrogen) atoms. The first-order valence-electron chi connectivity index (χ1n) is 5.37. The quantitative estimate of drug-likeness (QED) is 0.860. The van der Waals surface area contributed by atoms with Crippen LogP contribution in [-0.4, -0.2) is 14.2 Å². The minimum Gasteiger partial charge on any atom is -0.399 e. The number of halogens is 1. The molecule has 0 amide bonds. The number of hydrogen-bond acceptors (Lipinski definition) is 4. The van der Waals surface area contributed by atoms with Gasteiger partial charge in [0.2, 0.25) is 0 Å². The van der Waals surface area contributed by atoms with Crippen molar-refractivity contribution in [2.24, 2.45) is 5.41 Å². The van der Waals surface area contributed by atoms with Gasteiger partial charge in [-0.2, -0.15) is 5.26 Å². The normalized spacial score (nSPS) is 12.1. The molecule has 98 valence electrons. The predicted molar refractivity (Wildman–Crippen MR) is 74.6 cm³/mol. The van der Waals surface area contributed by atoms with Crippen LogP contribution in [0.1, 0.15) is 20.3 Å². The van der Waals surface area contributed by atoms with Gasteiger partial charge in [-0.05, 0) is 54.4 Å². The Balaban J connectivity index is 2.98. The summed E-state index contributed by atoms with van der Waals surface area (Å²) in [6, 6.07) is 6.68. The first-order valence-corrected chi connectivity index (χ1v) is 7.81. The molecule has 0 radical (unpaired) electrons. The van der Waals surface area contributed by atoms with Crippen LogP contribution in [0.25, 0.3) is 0 Å². The van der Waals surface area contributed by atoms with E-state index in [0.29, 0.717) is 16.6 Å². The molecule has 0 aliphatic rings. The molecular formula is C12H15BrN2O2S. The predicted octanol–water partition coefficient (Wildman–Crippen LogP) is 2.74. The van der Waals surface area contributed by atoms with Gasteiger partial charge < -0.3 is 5.73 Å². The second kappa shape index (κ2) is 5.29. The van der Waals surface area contributed by atoms with E-state index in [0.717, 1.165) is 0 Å². The topological polar surface area (TPSA) is 84.0 Å². The lowest BCUT2D eigenvalue weighted by atomic mass is 9.93. The number of nitrogens with zero attached hydrogens (tertiary/aromatic N) is 1. The van der Waals surface area contributed by atoms with Crippen molar-refractivity contribution in [1.82, 2.24) is 0 Å².